The highest BCUT2D eigenvalue weighted by molar-refractivity contribution is 6.71. The van der Waals surface area contributed by atoms with Crippen molar-refractivity contribution in [2.75, 3.05) is 20.1 Å². The van der Waals surface area contributed by atoms with Crippen LogP contribution < -0.4 is 0 Å². The van der Waals surface area contributed by atoms with E-state index in [9.17, 15) is 9.59 Å². The van der Waals surface area contributed by atoms with E-state index in [0.717, 1.165) is 12.8 Å². The molecule has 0 saturated carbocycles. The molecule has 2 saturated heterocycles. The van der Waals surface area contributed by atoms with Crippen LogP contribution in [0.5, 0.6) is 0 Å². The second kappa shape index (κ2) is 4.72. The monoisotopic (exact) mass is 305 g/mol. The molecule has 0 aromatic heterocycles. The van der Waals surface area contributed by atoms with Gasteiger partial charge < -0.3 is 13.7 Å². The summed E-state index contributed by atoms with van der Waals surface area (Å²) in [5.74, 6) is 1.24. The molecule has 3 rings (SSSR count). The van der Waals surface area contributed by atoms with Crippen LogP contribution in [0.1, 0.15) is 40.0 Å². The van der Waals surface area contributed by atoms with Crippen LogP contribution in [-0.2, 0) is 18.9 Å². The van der Waals surface area contributed by atoms with Gasteiger partial charge in [-0.15, -0.1) is 0 Å². The van der Waals surface area contributed by atoms with Crippen molar-refractivity contribution in [3.8, 4) is 0 Å². The lowest BCUT2D eigenvalue weighted by Crippen LogP contribution is -2.59. The fourth-order valence-electron chi connectivity index (χ4n) is 4.14. The molecule has 1 aliphatic carbocycles. The summed E-state index contributed by atoms with van der Waals surface area (Å²) in [5.41, 5.74) is 2.73. The highest BCUT2D eigenvalue weighted by Crippen LogP contribution is 2.42. The Labute approximate surface area is 131 Å². The Balaban J connectivity index is 1.97. The van der Waals surface area contributed by atoms with Gasteiger partial charge in [-0.25, -0.2) is 0 Å². The van der Waals surface area contributed by atoms with E-state index in [4.69, 9.17) is 9.31 Å². The number of allylic oxidation sites excluding steroid dienone is 3. The van der Waals surface area contributed by atoms with Gasteiger partial charge in [-0.3, -0.25) is 9.59 Å². The SMILES string of the molecule is CC1=C(/C=C/[B-]23OC(=O)C[N+]2(C)CC(=O)O3)C(C)(C)CCC1. The van der Waals surface area contributed by atoms with E-state index >= 15 is 0 Å². The zero-order valence-corrected chi connectivity index (χ0v) is 13.8. The molecule has 0 atom stereocenters. The molecule has 22 heavy (non-hydrogen) atoms. The van der Waals surface area contributed by atoms with Crippen LogP contribution in [0.3, 0.4) is 0 Å². The Kier molecular flexibility index (Phi) is 3.29. The standard InChI is InChI=1S/C16H24BNO4/c1-12-6-5-8-16(2,3)13(12)7-9-17-18(4,10-14(19)21-17)11-15(20)22-17/h7,9H,5-6,8,10-11H2,1-4H3/b9-7+. The number of rotatable bonds is 2. The molecule has 2 heterocycles. The fourth-order valence-corrected chi connectivity index (χ4v) is 4.14. The van der Waals surface area contributed by atoms with Gasteiger partial charge in [-0.2, -0.15) is 0 Å². The number of likely N-dealkylation sites (N-methyl/N-ethyl adjacent to an activating group) is 1. The van der Waals surface area contributed by atoms with Gasteiger partial charge in [0.1, 0.15) is 13.1 Å². The van der Waals surface area contributed by atoms with Crippen LogP contribution in [0.25, 0.3) is 0 Å². The summed E-state index contributed by atoms with van der Waals surface area (Å²) in [6.45, 7) is 4.94. The van der Waals surface area contributed by atoms with Crippen molar-refractivity contribution < 1.29 is 23.3 Å². The van der Waals surface area contributed by atoms with E-state index in [0.29, 0.717) is 0 Å². The highest BCUT2D eigenvalue weighted by atomic mass is 16.7. The number of hydrogen-bond acceptors (Lipinski definition) is 4. The normalized spacial score (nSPS) is 37.5. The van der Waals surface area contributed by atoms with Crippen LogP contribution in [0.15, 0.2) is 23.2 Å². The lowest BCUT2D eigenvalue weighted by molar-refractivity contribution is -0.791. The largest absolute Gasteiger partial charge is 0.607 e. The molecule has 0 N–H and O–H groups in total. The number of hydrogen-bond donors (Lipinski definition) is 0. The maximum absolute atomic E-state index is 11.8. The summed E-state index contributed by atoms with van der Waals surface area (Å²) in [6.07, 6.45) is 5.46. The fraction of sp³-hybridized carbons (Fsp3) is 0.625. The van der Waals surface area contributed by atoms with E-state index in [2.05, 4.69) is 20.8 Å². The van der Waals surface area contributed by atoms with Crippen molar-refractivity contribution in [2.45, 2.75) is 40.0 Å². The van der Waals surface area contributed by atoms with Gasteiger partial charge in [0.05, 0.1) is 0 Å². The van der Waals surface area contributed by atoms with Gasteiger partial charge in [-0.1, -0.05) is 31.5 Å². The first-order valence-corrected chi connectivity index (χ1v) is 8.00. The molecule has 6 heteroatoms. The summed E-state index contributed by atoms with van der Waals surface area (Å²) in [5, 5.41) is 0. The van der Waals surface area contributed by atoms with E-state index in [1.165, 1.54) is 17.6 Å². The number of carbonyl (C=O) groups is 2. The number of carbonyl (C=O) groups excluding carboxylic acids is 2. The predicted octanol–water partition coefficient (Wildman–Crippen LogP) is 2.11. The van der Waals surface area contributed by atoms with E-state index in [1.807, 2.05) is 19.1 Å². The highest BCUT2D eigenvalue weighted by Gasteiger charge is 2.63. The van der Waals surface area contributed by atoms with E-state index in [1.54, 1.807) is 0 Å². The molecule has 2 aliphatic heterocycles. The lowest BCUT2D eigenvalue weighted by Gasteiger charge is -2.38. The van der Waals surface area contributed by atoms with E-state index in [-0.39, 0.29) is 34.8 Å². The molecule has 0 spiro atoms. The summed E-state index contributed by atoms with van der Waals surface area (Å²) in [7, 11) is 1.85. The van der Waals surface area contributed by atoms with Crippen molar-refractivity contribution in [2.24, 2.45) is 5.41 Å². The maximum atomic E-state index is 11.8. The van der Waals surface area contributed by atoms with Gasteiger partial charge in [0.2, 0.25) is 0 Å². The Bertz CT molecular complexity index is 585. The van der Waals surface area contributed by atoms with Gasteiger partial charge in [0.15, 0.2) is 0 Å². The second-order valence-electron chi connectivity index (χ2n) is 7.79. The molecule has 0 aromatic carbocycles. The van der Waals surface area contributed by atoms with Crippen molar-refractivity contribution in [3.63, 3.8) is 0 Å². The third-order valence-corrected chi connectivity index (χ3v) is 5.50. The van der Waals surface area contributed by atoms with Crippen molar-refractivity contribution in [1.29, 1.82) is 0 Å². The molecular weight excluding hydrogens is 281 g/mol. The van der Waals surface area contributed by atoms with Crippen molar-refractivity contribution in [3.05, 3.63) is 23.2 Å². The number of nitrogens with zero attached hydrogens (tertiary/aromatic N) is 1. The van der Waals surface area contributed by atoms with Crippen LogP contribution in [0, 0.1) is 5.41 Å². The lowest BCUT2D eigenvalue weighted by atomic mass is 9.65. The Morgan fingerprint density at radius 2 is 1.77 bits per heavy atom. The number of fused-ring (bicyclic) bond motifs is 1. The Morgan fingerprint density at radius 3 is 2.32 bits per heavy atom. The summed E-state index contributed by atoms with van der Waals surface area (Å²) in [4.78, 5) is 23.5. The smallest absolute Gasteiger partial charge is 0.596 e. The third-order valence-electron chi connectivity index (χ3n) is 5.50. The first-order chi connectivity index (χ1) is 10.2. The van der Waals surface area contributed by atoms with E-state index < -0.39 is 6.69 Å². The number of quaternary nitrogens is 1. The first-order valence-electron chi connectivity index (χ1n) is 8.00. The van der Waals surface area contributed by atoms with Crippen LogP contribution in [0.2, 0.25) is 0 Å². The van der Waals surface area contributed by atoms with Crippen molar-refractivity contribution >= 4 is 18.6 Å². The molecular formula is C16H24BNO4. The maximum Gasteiger partial charge on any atom is 0.607 e. The topological polar surface area (TPSA) is 52.6 Å². The predicted molar refractivity (Wildman–Crippen MR) is 83.3 cm³/mol. The minimum Gasteiger partial charge on any atom is -0.596 e. The molecule has 0 bridgehead atoms. The van der Waals surface area contributed by atoms with Gasteiger partial charge >= 0.3 is 18.6 Å². The molecule has 0 amide bonds. The molecule has 120 valence electrons. The molecule has 0 unspecified atom stereocenters. The molecule has 0 aromatic rings. The molecule has 0 radical (unpaired) electrons. The van der Waals surface area contributed by atoms with Crippen LogP contribution in [0.4, 0.5) is 0 Å². The molecule has 3 aliphatic rings. The summed E-state index contributed by atoms with van der Waals surface area (Å²) < 4.78 is 11.2. The van der Waals surface area contributed by atoms with Gasteiger partial charge in [-0.05, 0) is 37.2 Å². The Hall–Kier alpha value is -1.56. The molecule has 2 fully saturated rings. The van der Waals surface area contributed by atoms with Crippen LogP contribution in [-0.4, -0.2) is 43.2 Å². The van der Waals surface area contributed by atoms with Gasteiger partial charge in [0.25, 0.3) is 0 Å². The van der Waals surface area contributed by atoms with Crippen molar-refractivity contribution in [1.82, 2.24) is 0 Å². The van der Waals surface area contributed by atoms with Gasteiger partial charge in [0, 0.05) is 7.05 Å². The minimum atomic E-state index is -2.06. The zero-order valence-electron chi connectivity index (χ0n) is 13.8. The average molecular weight is 305 g/mol. The Morgan fingerprint density at radius 1 is 1.18 bits per heavy atom. The van der Waals surface area contributed by atoms with Crippen LogP contribution >= 0.6 is 0 Å². The average Bonchev–Trinajstić information content (AvgIpc) is 2.70. The summed E-state index contributed by atoms with van der Waals surface area (Å²) in [6, 6.07) is 0. The quantitative estimate of drug-likeness (QED) is 0.733. The molecule has 5 nitrogen and oxygen atoms in total. The summed E-state index contributed by atoms with van der Waals surface area (Å²) >= 11 is 0. The minimum absolute atomic E-state index is 0.0974. The second-order valence-corrected chi connectivity index (χ2v) is 7.79. The zero-order chi connectivity index (χ0) is 16.2. The third kappa shape index (κ3) is 2.21. The first kappa shape index (κ1) is 15.3.